The molecule has 6 nitrogen and oxygen atoms in total. The Morgan fingerprint density at radius 2 is 1.41 bits per heavy atom. The summed E-state index contributed by atoms with van der Waals surface area (Å²) in [6.45, 7) is 11.1. The van der Waals surface area contributed by atoms with Crippen LogP contribution < -0.4 is 15.2 Å². The van der Waals surface area contributed by atoms with E-state index < -0.39 is 0 Å². The van der Waals surface area contributed by atoms with Crippen molar-refractivity contribution in [3.05, 3.63) is 47.5 Å². The first kappa shape index (κ1) is 28.2. The number of benzene rings is 2. The van der Waals surface area contributed by atoms with E-state index in [1.165, 1.54) is 32.4 Å². The number of anilines is 1. The average molecular weight is 406 g/mol. The molecule has 0 saturated carbocycles. The van der Waals surface area contributed by atoms with Gasteiger partial charge in [-0.2, -0.15) is 0 Å². The van der Waals surface area contributed by atoms with E-state index in [0.717, 1.165) is 0 Å². The lowest BCUT2D eigenvalue weighted by molar-refractivity contribution is 0.100. The van der Waals surface area contributed by atoms with Gasteiger partial charge in [0.15, 0.2) is 23.1 Å². The summed E-state index contributed by atoms with van der Waals surface area (Å²) in [6, 6.07) is 9.51. The molecule has 2 aromatic carbocycles. The van der Waals surface area contributed by atoms with E-state index in [2.05, 4.69) is 13.8 Å². The second kappa shape index (κ2) is 16.0. The molecule has 0 heterocycles. The summed E-state index contributed by atoms with van der Waals surface area (Å²) in [7, 11) is 3.10. The third-order valence-electron chi connectivity index (χ3n) is 3.19. The number of rotatable bonds is 4. The molecule has 0 fully saturated rings. The van der Waals surface area contributed by atoms with Crippen LogP contribution in [0.5, 0.6) is 17.2 Å². The smallest absolute Gasteiger partial charge is 0.163 e. The standard InChI is InChI=1S/C10H12O3.C8H9NO2.C3H8.C2H6/c1-7(11)8-4-5-9(12-2)10(6-8)13-3;1-5(10)7-4-6(9)2-3-8(7)11;1-3-2;1-2/h4-6H,1-3H3;2-4,11H,9H2,1H3;3H2,1-2H3;1-2H3. The number of methoxy groups -OCH3 is 2. The van der Waals surface area contributed by atoms with Gasteiger partial charge in [-0.3, -0.25) is 9.59 Å². The number of phenols is 1. The number of carbonyl (C=O) groups is 2. The molecule has 0 aliphatic rings. The molecule has 0 spiro atoms. The van der Waals surface area contributed by atoms with Crippen molar-refractivity contribution in [2.45, 2.75) is 48.0 Å². The van der Waals surface area contributed by atoms with E-state index in [1.807, 2.05) is 13.8 Å². The molecule has 0 aliphatic carbocycles. The molecule has 0 saturated heterocycles. The summed E-state index contributed by atoms with van der Waals surface area (Å²) in [5, 5.41) is 9.13. The number of hydrogen-bond acceptors (Lipinski definition) is 6. The molecule has 6 heteroatoms. The molecule has 2 aromatic rings. The summed E-state index contributed by atoms with van der Waals surface area (Å²) >= 11 is 0. The van der Waals surface area contributed by atoms with Crippen molar-refractivity contribution < 1.29 is 24.2 Å². The first-order valence-electron chi connectivity index (χ1n) is 9.54. The number of hydrogen-bond donors (Lipinski definition) is 2. The summed E-state index contributed by atoms with van der Waals surface area (Å²) in [5.41, 5.74) is 6.77. The van der Waals surface area contributed by atoms with Crippen molar-refractivity contribution >= 4 is 17.3 Å². The van der Waals surface area contributed by atoms with Crippen LogP contribution in [0.4, 0.5) is 5.69 Å². The SMILES string of the molecule is CC.CC(=O)c1cc(N)ccc1O.CCC.COc1ccc(C(C)=O)cc1OC. The van der Waals surface area contributed by atoms with Crippen LogP contribution in [0.2, 0.25) is 0 Å². The zero-order valence-electron chi connectivity index (χ0n) is 18.8. The van der Waals surface area contributed by atoms with Crippen LogP contribution in [-0.4, -0.2) is 30.9 Å². The molecular formula is C23H35NO5. The van der Waals surface area contributed by atoms with E-state index in [1.54, 1.807) is 38.5 Å². The molecule has 0 unspecified atom stereocenters. The minimum Gasteiger partial charge on any atom is -0.507 e. The van der Waals surface area contributed by atoms with Crippen molar-refractivity contribution in [2.75, 3.05) is 20.0 Å². The number of carbonyl (C=O) groups excluding carboxylic acids is 2. The normalized spacial score (nSPS) is 8.69. The molecule has 162 valence electrons. The zero-order chi connectivity index (χ0) is 23.0. The maximum Gasteiger partial charge on any atom is 0.163 e. The fourth-order valence-corrected chi connectivity index (χ4v) is 1.89. The highest BCUT2D eigenvalue weighted by molar-refractivity contribution is 5.97. The quantitative estimate of drug-likeness (QED) is 0.394. The second-order valence-corrected chi connectivity index (χ2v) is 5.67. The number of phenolic OH excluding ortho intramolecular Hbond substituents is 1. The van der Waals surface area contributed by atoms with Gasteiger partial charge in [-0.05, 0) is 50.2 Å². The molecule has 0 aromatic heterocycles. The van der Waals surface area contributed by atoms with Gasteiger partial charge in [0.1, 0.15) is 5.75 Å². The minimum absolute atomic E-state index is 0.0148. The third kappa shape index (κ3) is 10.8. The van der Waals surface area contributed by atoms with Gasteiger partial charge in [-0.15, -0.1) is 0 Å². The monoisotopic (exact) mass is 405 g/mol. The number of nitrogens with two attached hydrogens (primary N) is 1. The summed E-state index contributed by atoms with van der Waals surface area (Å²) in [6.07, 6.45) is 1.25. The van der Waals surface area contributed by atoms with Gasteiger partial charge < -0.3 is 20.3 Å². The fraction of sp³-hybridized carbons (Fsp3) is 0.391. The highest BCUT2D eigenvalue weighted by Crippen LogP contribution is 2.27. The van der Waals surface area contributed by atoms with Gasteiger partial charge in [0, 0.05) is 11.3 Å². The van der Waals surface area contributed by atoms with Gasteiger partial charge in [-0.25, -0.2) is 0 Å². The summed E-state index contributed by atoms with van der Waals surface area (Å²) in [4.78, 5) is 21.8. The van der Waals surface area contributed by atoms with E-state index in [-0.39, 0.29) is 22.9 Å². The fourth-order valence-electron chi connectivity index (χ4n) is 1.89. The Hall–Kier alpha value is -3.02. The highest BCUT2D eigenvalue weighted by atomic mass is 16.5. The zero-order valence-corrected chi connectivity index (χ0v) is 18.8. The van der Waals surface area contributed by atoms with E-state index in [9.17, 15) is 9.59 Å². The molecule has 29 heavy (non-hydrogen) atoms. The first-order valence-corrected chi connectivity index (χ1v) is 9.54. The highest BCUT2D eigenvalue weighted by Gasteiger charge is 2.06. The topological polar surface area (TPSA) is 98.9 Å². The van der Waals surface area contributed by atoms with Crippen LogP contribution in [0.25, 0.3) is 0 Å². The number of nitrogen functional groups attached to an aromatic ring is 1. The Labute approximate surface area is 174 Å². The molecule has 0 bridgehead atoms. The maximum atomic E-state index is 11.0. The lowest BCUT2D eigenvalue weighted by Crippen LogP contribution is -1.95. The predicted molar refractivity (Wildman–Crippen MR) is 119 cm³/mol. The van der Waals surface area contributed by atoms with Crippen molar-refractivity contribution in [3.63, 3.8) is 0 Å². The molecule has 0 amide bonds. The van der Waals surface area contributed by atoms with Gasteiger partial charge >= 0.3 is 0 Å². The minimum atomic E-state index is -0.185. The van der Waals surface area contributed by atoms with Gasteiger partial charge in [0.25, 0.3) is 0 Å². The maximum absolute atomic E-state index is 11.0. The predicted octanol–water partition coefficient (Wildman–Crippen LogP) is 5.53. The van der Waals surface area contributed by atoms with Gasteiger partial charge in [0.2, 0.25) is 0 Å². The van der Waals surface area contributed by atoms with E-state index in [4.69, 9.17) is 20.3 Å². The Balaban J connectivity index is 0. The Morgan fingerprint density at radius 1 is 0.897 bits per heavy atom. The number of ether oxygens (including phenoxy) is 2. The van der Waals surface area contributed by atoms with Crippen LogP contribution in [0.15, 0.2) is 36.4 Å². The molecule has 0 aliphatic heterocycles. The largest absolute Gasteiger partial charge is 0.507 e. The lowest BCUT2D eigenvalue weighted by atomic mass is 10.1. The number of aromatic hydroxyl groups is 1. The van der Waals surface area contributed by atoms with Crippen LogP contribution in [0, 0.1) is 0 Å². The van der Waals surface area contributed by atoms with Crippen LogP contribution >= 0.6 is 0 Å². The van der Waals surface area contributed by atoms with Crippen LogP contribution in [-0.2, 0) is 0 Å². The summed E-state index contributed by atoms with van der Waals surface area (Å²) < 4.78 is 10.1. The average Bonchev–Trinajstić information content (AvgIpc) is 2.71. The summed E-state index contributed by atoms with van der Waals surface area (Å²) in [5.74, 6) is 1.02. The Bertz CT molecular complexity index is 757. The Kier molecular flexibility index (Phi) is 15.5. The van der Waals surface area contributed by atoms with Crippen LogP contribution in [0.3, 0.4) is 0 Å². The van der Waals surface area contributed by atoms with Gasteiger partial charge in [0.05, 0.1) is 19.8 Å². The molecule has 0 atom stereocenters. The molecule has 0 radical (unpaired) electrons. The van der Waals surface area contributed by atoms with Crippen LogP contribution in [0.1, 0.15) is 68.7 Å². The van der Waals surface area contributed by atoms with E-state index in [0.29, 0.717) is 22.7 Å². The Morgan fingerprint density at radius 3 is 1.79 bits per heavy atom. The second-order valence-electron chi connectivity index (χ2n) is 5.67. The van der Waals surface area contributed by atoms with Gasteiger partial charge in [-0.1, -0.05) is 34.1 Å². The molecule has 2 rings (SSSR count). The van der Waals surface area contributed by atoms with Crippen molar-refractivity contribution in [2.24, 2.45) is 0 Å². The van der Waals surface area contributed by atoms with Crippen molar-refractivity contribution in [1.82, 2.24) is 0 Å². The van der Waals surface area contributed by atoms with Crippen molar-refractivity contribution in [1.29, 1.82) is 0 Å². The third-order valence-corrected chi connectivity index (χ3v) is 3.19. The number of Topliss-reactive ketones (excluding diaryl/α,β-unsaturated/α-hetero) is 2. The van der Waals surface area contributed by atoms with Crippen molar-refractivity contribution in [3.8, 4) is 17.2 Å². The number of ketones is 2. The molecule has 3 N–H and O–H groups in total. The lowest BCUT2D eigenvalue weighted by Gasteiger charge is -2.07. The first-order chi connectivity index (χ1) is 13.7. The molecular weight excluding hydrogens is 370 g/mol. The van der Waals surface area contributed by atoms with E-state index >= 15 is 0 Å².